The molecule has 2 rings (SSSR count). The Balaban J connectivity index is 2.17. The number of benzene rings is 2. The Kier molecular flexibility index (Phi) is 26.5. The molecule has 15 N–H and O–H groups in total. The van der Waals surface area contributed by atoms with Crippen LogP contribution in [0.2, 0.25) is 0 Å². The van der Waals surface area contributed by atoms with Crippen LogP contribution in [-0.4, -0.2) is 154 Å². The monoisotopic (exact) mass is 1030 g/mol. The Morgan fingerprint density at radius 3 is 1.57 bits per heavy atom. The molecule has 8 atom stereocenters. The number of carbonyl (C=O) groups is 12. The second-order valence-electron chi connectivity index (χ2n) is 16.5. The van der Waals surface area contributed by atoms with Gasteiger partial charge in [-0.25, -0.2) is 4.79 Å². The SMILES string of the molecule is CC[C@H](C)[C@H](NC(=O)[C@H](CCSC)NC(=O)[C@H](Cc1ccccc1)NC(=O)[C@@H](N)CC(=O)O)C(=O)N[C@@H](CCC(N)=O)C(=O)NCC(=O)NCC(=O)N[C@@H](CC(=O)O)C(=O)N[C@@H](Cc1ccccc1)C(=O)O. The molecule has 0 saturated carbocycles. The van der Waals surface area contributed by atoms with Gasteiger partial charge in [0.05, 0.1) is 32.0 Å². The molecule has 72 heavy (non-hydrogen) atoms. The van der Waals surface area contributed by atoms with Crippen LogP contribution in [-0.2, 0) is 70.4 Å². The van der Waals surface area contributed by atoms with Gasteiger partial charge in [0.15, 0.2) is 0 Å². The van der Waals surface area contributed by atoms with E-state index >= 15 is 0 Å². The van der Waals surface area contributed by atoms with Gasteiger partial charge in [-0.15, -0.1) is 0 Å². The van der Waals surface area contributed by atoms with Crippen molar-refractivity contribution in [3.05, 3.63) is 71.8 Å². The molecule has 0 aliphatic carbocycles. The highest BCUT2D eigenvalue weighted by molar-refractivity contribution is 7.98. The van der Waals surface area contributed by atoms with Crippen molar-refractivity contribution in [2.24, 2.45) is 17.4 Å². The van der Waals surface area contributed by atoms with Crippen molar-refractivity contribution in [1.82, 2.24) is 42.5 Å². The van der Waals surface area contributed by atoms with Crippen LogP contribution in [0.15, 0.2) is 60.7 Å². The van der Waals surface area contributed by atoms with Gasteiger partial charge in [0.25, 0.3) is 0 Å². The number of aliphatic carboxylic acids is 3. The predicted octanol–water partition coefficient (Wildman–Crippen LogP) is -2.96. The van der Waals surface area contributed by atoms with Crippen molar-refractivity contribution < 1.29 is 72.9 Å². The van der Waals surface area contributed by atoms with Gasteiger partial charge in [0, 0.05) is 19.3 Å². The Labute approximate surface area is 418 Å². The van der Waals surface area contributed by atoms with Crippen molar-refractivity contribution in [3.8, 4) is 0 Å². The highest BCUT2D eigenvalue weighted by Crippen LogP contribution is 2.13. The van der Waals surface area contributed by atoms with Crippen molar-refractivity contribution in [1.29, 1.82) is 0 Å². The number of nitrogens with one attached hydrogen (secondary N) is 8. The van der Waals surface area contributed by atoms with Crippen molar-refractivity contribution >= 4 is 82.8 Å². The molecule has 0 bridgehead atoms. The second kappa shape index (κ2) is 31.6. The molecule has 9 amide bonds. The standard InChI is InChI=1S/C46H64N10O15S/c1-4-25(2)39(56-42(66)30(17-18-72-3)52-43(67)31(19-26-11-7-5-8-12-26)54-40(64)28(47)21-37(60)61)45(69)53-29(15-16-34(48)57)41(65)50-23-35(58)49-24-36(59)51-32(22-38(62)63)44(68)55-33(46(70)71)20-27-13-9-6-10-14-27/h5-14,25,28-33,39H,4,15-24,47H2,1-3H3,(H2,48,57)(H,49,58)(H,50,65)(H,51,59)(H,52,67)(H,53,69)(H,54,64)(H,55,68)(H,56,66)(H,60,61)(H,62,63)(H,70,71)/t25-,28-,29-,30-,31-,32-,33-,39-/m0/s1. The summed E-state index contributed by atoms with van der Waals surface area (Å²) in [6.07, 6.45) is -0.552. The number of carbonyl (C=O) groups excluding carboxylic acids is 9. The first kappa shape index (κ1) is 60.5. The number of hydrogen-bond donors (Lipinski definition) is 13. The Bertz CT molecular complexity index is 2220. The van der Waals surface area contributed by atoms with Gasteiger partial charge in [0.2, 0.25) is 53.2 Å². The maximum atomic E-state index is 14.0. The molecule has 2 aromatic carbocycles. The van der Waals surface area contributed by atoms with E-state index in [2.05, 4.69) is 42.5 Å². The molecule has 2 aromatic rings. The van der Waals surface area contributed by atoms with Crippen LogP contribution >= 0.6 is 11.8 Å². The summed E-state index contributed by atoms with van der Waals surface area (Å²) in [7, 11) is 0. The first-order chi connectivity index (χ1) is 34.0. The van der Waals surface area contributed by atoms with Crippen LogP contribution in [0.3, 0.4) is 0 Å². The minimum Gasteiger partial charge on any atom is -0.481 e. The molecule has 0 fully saturated rings. The van der Waals surface area contributed by atoms with E-state index in [1.807, 2.05) is 0 Å². The zero-order chi connectivity index (χ0) is 53.9. The molecule has 25 nitrogen and oxygen atoms in total. The number of amides is 9. The molecule has 0 unspecified atom stereocenters. The lowest BCUT2D eigenvalue weighted by atomic mass is 9.96. The Morgan fingerprint density at radius 1 is 0.556 bits per heavy atom. The van der Waals surface area contributed by atoms with Gasteiger partial charge in [-0.2, -0.15) is 11.8 Å². The number of hydrogen-bond acceptors (Lipinski definition) is 14. The van der Waals surface area contributed by atoms with E-state index < -0.39 is 152 Å². The molecule has 26 heteroatoms. The quantitative estimate of drug-likeness (QED) is 0.0340. The average Bonchev–Trinajstić information content (AvgIpc) is 3.33. The summed E-state index contributed by atoms with van der Waals surface area (Å²) < 4.78 is 0. The molecule has 0 aliphatic heterocycles. The number of thioether (sulfide) groups is 1. The average molecular weight is 1030 g/mol. The van der Waals surface area contributed by atoms with E-state index in [1.54, 1.807) is 80.8 Å². The van der Waals surface area contributed by atoms with Crippen LogP contribution in [0.5, 0.6) is 0 Å². The third kappa shape index (κ3) is 22.9. The molecule has 0 saturated heterocycles. The third-order valence-electron chi connectivity index (χ3n) is 10.8. The molecule has 0 spiro atoms. The molecule has 0 aliphatic rings. The highest BCUT2D eigenvalue weighted by Gasteiger charge is 2.35. The van der Waals surface area contributed by atoms with Gasteiger partial charge < -0.3 is 69.3 Å². The van der Waals surface area contributed by atoms with Crippen LogP contribution in [0, 0.1) is 5.92 Å². The summed E-state index contributed by atoms with van der Waals surface area (Å²) in [5.74, 6) is -13.0. The predicted molar refractivity (Wildman–Crippen MR) is 259 cm³/mol. The summed E-state index contributed by atoms with van der Waals surface area (Å²) in [6.45, 7) is 1.72. The lowest BCUT2D eigenvalue weighted by Gasteiger charge is -2.29. The molecular formula is C46H64N10O15S. The lowest BCUT2D eigenvalue weighted by molar-refractivity contribution is -0.143. The first-order valence-corrected chi connectivity index (χ1v) is 24.1. The normalized spacial score (nSPS) is 14.1. The van der Waals surface area contributed by atoms with E-state index in [-0.39, 0.29) is 25.7 Å². The Hall–Kier alpha value is -7.61. The van der Waals surface area contributed by atoms with E-state index in [1.165, 1.54) is 11.8 Å². The van der Waals surface area contributed by atoms with Crippen molar-refractivity contribution in [3.63, 3.8) is 0 Å². The van der Waals surface area contributed by atoms with Gasteiger partial charge in [-0.3, -0.25) is 52.7 Å². The maximum Gasteiger partial charge on any atom is 0.326 e. The topological polar surface area (TPSA) is 414 Å². The lowest BCUT2D eigenvalue weighted by Crippen LogP contribution is -2.60. The van der Waals surface area contributed by atoms with Crippen LogP contribution in [0.4, 0.5) is 0 Å². The number of primary amides is 1. The summed E-state index contributed by atoms with van der Waals surface area (Å²) in [6, 6.07) is 6.56. The van der Waals surface area contributed by atoms with Crippen molar-refractivity contribution in [2.75, 3.05) is 25.1 Å². The number of rotatable bonds is 33. The minimum atomic E-state index is -1.75. The Morgan fingerprint density at radius 2 is 1.04 bits per heavy atom. The van der Waals surface area contributed by atoms with Gasteiger partial charge in [-0.05, 0) is 41.9 Å². The molecule has 0 radical (unpaired) electrons. The van der Waals surface area contributed by atoms with Crippen LogP contribution < -0.4 is 54.0 Å². The van der Waals surface area contributed by atoms with Crippen LogP contribution in [0.25, 0.3) is 0 Å². The van der Waals surface area contributed by atoms with E-state index in [9.17, 15) is 67.7 Å². The van der Waals surface area contributed by atoms with Crippen LogP contribution in [0.1, 0.15) is 63.5 Å². The van der Waals surface area contributed by atoms with E-state index in [4.69, 9.17) is 16.6 Å². The fourth-order valence-electron chi connectivity index (χ4n) is 6.65. The summed E-state index contributed by atoms with van der Waals surface area (Å²) in [5.41, 5.74) is 12.2. The zero-order valence-corrected chi connectivity index (χ0v) is 40.8. The second-order valence-corrected chi connectivity index (χ2v) is 17.5. The number of carboxylic acids is 3. The largest absolute Gasteiger partial charge is 0.481 e. The zero-order valence-electron chi connectivity index (χ0n) is 40.0. The van der Waals surface area contributed by atoms with E-state index in [0.717, 1.165) is 0 Å². The minimum absolute atomic E-state index is 0.0478. The summed E-state index contributed by atoms with van der Waals surface area (Å²) >= 11 is 1.35. The number of nitrogens with two attached hydrogens (primary N) is 2. The first-order valence-electron chi connectivity index (χ1n) is 22.7. The van der Waals surface area contributed by atoms with Gasteiger partial charge in [0.1, 0.15) is 36.3 Å². The summed E-state index contributed by atoms with van der Waals surface area (Å²) in [5, 5.41) is 47.1. The smallest absolute Gasteiger partial charge is 0.326 e. The highest BCUT2D eigenvalue weighted by atomic mass is 32.2. The molecular weight excluding hydrogens is 965 g/mol. The van der Waals surface area contributed by atoms with Crippen molar-refractivity contribution in [2.45, 2.75) is 108 Å². The molecule has 0 aromatic heterocycles. The summed E-state index contributed by atoms with van der Waals surface area (Å²) in [4.78, 5) is 153. The maximum absolute atomic E-state index is 14.0. The van der Waals surface area contributed by atoms with Gasteiger partial charge in [-0.1, -0.05) is 80.9 Å². The van der Waals surface area contributed by atoms with Gasteiger partial charge >= 0.3 is 17.9 Å². The molecule has 394 valence electrons. The van der Waals surface area contributed by atoms with E-state index in [0.29, 0.717) is 23.3 Å². The fourth-order valence-corrected chi connectivity index (χ4v) is 7.12. The number of carboxylic acid groups (broad SMARTS) is 3. The molecule has 0 heterocycles. The fraction of sp³-hybridized carbons (Fsp3) is 0.478. The third-order valence-corrected chi connectivity index (χ3v) is 11.4.